The molecule has 3 nitrogen and oxygen atoms in total. The maximum atomic E-state index is 12.8. The van der Waals surface area contributed by atoms with E-state index in [9.17, 15) is 18.0 Å². The van der Waals surface area contributed by atoms with Crippen LogP contribution < -0.4 is 10.3 Å². The van der Waals surface area contributed by atoms with Gasteiger partial charge in [-0.3, -0.25) is 9.78 Å². The molecular weight excluding hydrogens is 187 g/mol. The van der Waals surface area contributed by atoms with Crippen molar-refractivity contribution in [2.45, 2.75) is 6.43 Å². The van der Waals surface area contributed by atoms with Crippen LogP contribution in [0.5, 0.6) is 5.88 Å². The summed E-state index contributed by atoms with van der Waals surface area (Å²) in [6, 6.07) is 0.697. The summed E-state index contributed by atoms with van der Waals surface area (Å²) >= 11 is 0. The lowest BCUT2D eigenvalue weighted by Crippen LogP contribution is -2.16. The first-order valence-corrected chi connectivity index (χ1v) is 3.31. The largest absolute Gasteiger partial charge is 0.482 e. The second kappa shape index (κ2) is 3.51. The number of rotatable bonds is 2. The van der Waals surface area contributed by atoms with E-state index in [0.717, 1.165) is 0 Å². The van der Waals surface area contributed by atoms with Gasteiger partial charge in [0.1, 0.15) is 11.4 Å². The molecule has 0 bridgehead atoms. The molecule has 0 radical (unpaired) electrons. The number of alkyl halides is 2. The second-order valence-electron chi connectivity index (χ2n) is 2.23. The smallest absolute Gasteiger partial charge is 0.272 e. The molecule has 1 rings (SSSR count). The molecule has 0 aliphatic rings. The lowest BCUT2D eigenvalue weighted by atomic mass is 10.3. The first kappa shape index (κ1) is 9.63. The van der Waals surface area contributed by atoms with Gasteiger partial charge in [-0.2, -0.15) is 0 Å². The van der Waals surface area contributed by atoms with Gasteiger partial charge < -0.3 is 4.74 Å². The number of H-pyrrole nitrogens is 1. The van der Waals surface area contributed by atoms with E-state index in [1.807, 2.05) is 4.98 Å². The molecule has 1 aromatic heterocycles. The molecule has 0 saturated heterocycles. The minimum absolute atomic E-state index is 0.188. The maximum absolute atomic E-state index is 12.8. The summed E-state index contributed by atoms with van der Waals surface area (Å²) in [7, 11) is 1.19. The number of aromatic amines is 1. The second-order valence-corrected chi connectivity index (χ2v) is 2.23. The van der Waals surface area contributed by atoms with Crippen molar-refractivity contribution in [1.29, 1.82) is 0 Å². The van der Waals surface area contributed by atoms with Gasteiger partial charge in [0.15, 0.2) is 5.88 Å². The molecule has 1 aromatic rings. The molecule has 0 unspecified atom stereocenters. The summed E-state index contributed by atoms with van der Waals surface area (Å²) in [6.45, 7) is 0. The van der Waals surface area contributed by atoms with Gasteiger partial charge in [0.05, 0.1) is 7.11 Å². The van der Waals surface area contributed by atoms with Crippen molar-refractivity contribution in [3.8, 4) is 5.88 Å². The molecule has 0 aliphatic carbocycles. The normalized spacial score (nSPS) is 10.5. The van der Waals surface area contributed by atoms with Crippen LogP contribution in [0, 0.1) is 5.82 Å². The molecule has 1 heterocycles. The van der Waals surface area contributed by atoms with Gasteiger partial charge in [0.2, 0.25) is 0 Å². The Morgan fingerprint density at radius 3 is 2.54 bits per heavy atom. The van der Waals surface area contributed by atoms with Crippen molar-refractivity contribution in [1.82, 2.24) is 4.98 Å². The Labute approximate surface area is 71.2 Å². The third-order valence-corrected chi connectivity index (χ3v) is 1.43. The van der Waals surface area contributed by atoms with Gasteiger partial charge in [0.25, 0.3) is 12.0 Å². The van der Waals surface area contributed by atoms with E-state index in [0.29, 0.717) is 6.07 Å². The number of hydrogen-bond acceptors (Lipinski definition) is 2. The van der Waals surface area contributed by atoms with Crippen LogP contribution in [-0.4, -0.2) is 12.1 Å². The maximum Gasteiger partial charge on any atom is 0.272 e. The van der Waals surface area contributed by atoms with Crippen LogP contribution >= 0.6 is 0 Å². The average Bonchev–Trinajstić information content (AvgIpc) is 2.02. The molecular formula is C7H6F3NO2. The fraction of sp³-hybridized carbons (Fsp3) is 0.286. The molecule has 0 spiro atoms. The van der Waals surface area contributed by atoms with Crippen LogP contribution in [0.3, 0.4) is 0 Å². The molecule has 0 atom stereocenters. The van der Waals surface area contributed by atoms with Crippen molar-refractivity contribution in [2.75, 3.05) is 7.11 Å². The summed E-state index contributed by atoms with van der Waals surface area (Å²) in [5.74, 6) is -1.46. The zero-order valence-electron chi connectivity index (χ0n) is 6.61. The Bertz CT molecular complexity index is 361. The van der Waals surface area contributed by atoms with Crippen LogP contribution in [0.1, 0.15) is 12.0 Å². The van der Waals surface area contributed by atoms with Gasteiger partial charge in [0, 0.05) is 6.07 Å². The number of ether oxygens (including phenoxy) is 1. The van der Waals surface area contributed by atoms with Gasteiger partial charge in [-0.1, -0.05) is 0 Å². The van der Waals surface area contributed by atoms with Crippen molar-refractivity contribution < 1.29 is 17.9 Å². The van der Waals surface area contributed by atoms with E-state index in [1.54, 1.807) is 0 Å². The van der Waals surface area contributed by atoms with Crippen molar-refractivity contribution in [3.05, 3.63) is 27.8 Å². The average molecular weight is 193 g/mol. The molecule has 0 saturated carbocycles. The SMILES string of the molecule is COc1cc(F)c(C(F)F)c(=O)[nH]1. The molecule has 0 fully saturated rings. The summed E-state index contributed by atoms with van der Waals surface area (Å²) in [4.78, 5) is 12.8. The Hall–Kier alpha value is -1.46. The number of pyridine rings is 1. The predicted molar refractivity (Wildman–Crippen MR) is 38.5 cm³/mol. The molecule has 1 N–H and O–H groups in total. The Balaban J connectivity index is 3.32. The highest BCUT2D eigenvalue weighted by atomic mass is 19.3. The fourth-order valence-electron chi connectivity index (χ4n) is 0.830. The molecule has 0 aromatic carbocycles. The zero-order valence-corrected chi connectivity index (χ0v) is 6.61. The molecule has 0 aliphatic heterocycles. The van der Waals surface area contributed by atoms with Crippen LogP contribution in [-0.2, 0) is 0 Å². The highest BCUT2D eigenvalue weighted by Crippen LogP contribution is 2.19. The third kappa shape index (κ3) is 1.82. The van der Waals surface area contributed by atoms with Crippen LogP contribution in [0.15, 0.2) is 10.9 Å². The van der Waals surface area contributed by atoms with Crippen molar-refractivity contribution in [3.63, 3.8) is 0 Å². The lowest BCUT2D eigenvalue weighted by Gasteiger charge is -2.03. The standard InChI is InChI=1S/C7H6F3NO2/c1-13-4-2-3(8)5(6(9)10)7(12)11-4/h2,6H,1H3,(H,11,12). The monoisotopic (exact) mass is 193 g/mol. The summed E-state index contributed by atoms with van der Waals surface area (Å²) in [5.41, 5.74) is -2.34. The molecule has 0 amide bonds. The minimum Gasteiger partial charge on any atom is -0.482 e. The quantitative estimate of drug-likeness (QED) is 0.772. The topological polar surface area (TPSA) is 42.1 Å². The van der Waals surface area contributed by atoms with Gasteiger partial charge in [-0.05, 0) is 0 Å². The predicted octanol–water partition coefficient (Wildman–Crippen LogP) is 1.46. The van der Waals surface area contributed by atoms with Crippen LogP contribution in [0.25, 0.3) is 0 Å². The van der Waals surface area contributed by atoms with E-state index in [2.05, 4.69) is 4.74 Å². The minimum atomic E-state index is -3.13. The number of hydrogen-bond donors (Lipinski definition) is 1. The van der Waals surface area contributed by atoms with E-state index in [4.69, 9.17) is 0 Å². The Morgan fingerprint density at radius 1 is 1.54 bits per heavy atom. The highest BCUT2D eigenvalue weighted by molar-refractivity contribution is 5.21. The summed E-state index contributed by atoms with van der Waals surface area (Å²) in [6.07, 6.45) is -3.13. The van der Waals surface area contributed by atoms with Crippen molar-refractivity contribution >= 4 is 0 Å². The van der Waals surface area contributed by atoms with E-state index < -0.39 is 23.4 Å². The number of halogens is 3. The zero-order chi connectivity index (χ0) is 10.0. The Morgan fingerprint density at radius 2 is 2.15 bits per heavy atom. The van der Waals surface area contributed by atoms with E-state index in [1.165, 1.54) is 7.11 Å². The summed E-state index contributed by atoms with van der Waals surface area (Å²) < 4.78 is 41.3. The first-order chi connectivity index (χ1) is 6.06. The van der Waals surface area contributed by atoms with E-state index >= 15 is 0 Å². The summed E-state index contributed by atoms with van der Waals surface area (Å²) in [5, 5.41) is 0. The van der Waals surface area contributed by atoms with Crippen molar-refractivity contribution in [2.24, 2.45) is 0 Å². The van der Waals surface area contributed by atoms with E-state index in [-0.39, 0.29) is 5.88 Å². The molecule has 13 heavy (non-hydrogen) atoms. The van der Waals surface area contributed by atoms with Gasteiger partial charge in [-0.25, -0.2) is 13.2 Å². The first-order valence-electron chi connectivity index (χ1n) is 3.31. The van der Waals surface area contributed by atoms with Crippen LogP contribution in [0.4, 0.5) is 13.2 Å². The highest BCUT2D eigenvalue weighted by Gasteiger charge is 2.18. The molecule has 6 heteroatoms. The molecule has 72 valence electrons. The number of methoxy groups -OCH3 is 1. The van der Waals surface area contributed by atoms with Crippen LogP contribution in [0.2, 0.25) is 0 Å². The van der Waals surface area contributed by atoms with Gasteiger partial charge >= 0.3 is 0 Å². The Kier molecular flexibility index (Phi) is 2.60. The fourth-order valence-corrected chi connectivity index (χ4v) is 0.830. The lowest BCUT2D eigenvalue weighted by molar-refractivity contribution is 0.144. The third-order valence-electron chi connectivity index (χ3n) is 1.43. The number of nitrogens with one attached hydrogen (secondary N) is 1. The number of aromatic nitrogens is 1. The van der Waals surface area contributed by atoms with Gasteiger partial charge in [-0.15, -0.1) is 0 Å².